The Bertz CT molecular complexity index is 1120. The zero-order chi connectivity index (χ0) is 20.1. The Labute approximate surface area is 162 Å². The van der Waals surface area contributed by atoms with Crippen molar-refractivity contribution in [2.75, 3.05) is 21.2 Å². The third-order valence-electron chi connectivity index (χ3n) is 4.13. The van der Waals surface area contributed by atoms with Crippen LogP contribution in [0.3, 0.4) is 0 Å². The fourth-order valence-corrected chi connectivity index (χ4v) is 3.91. The molecule has 0 spiro atoms. The van der Waals surface area contributed by atoms with Gasteiger partial charge in [0.2, 0.25) is 0 Å². The molecule has 3 rings (SSSR count). The molecule has 5 nitrogen and oxygen atoms in total. The van der Waals surface area contributed by atoms with E-state index in [1.165, 1.54) is 11.3 Å². The number of likely N-dealkylation sites (N-methyl/N-ethyl adjacent to an activating group) is 1. The Morgan fingerprint density at radius 1 is 1.26 bits per heavy atom. The number of benzene rings is 1. The van der Waals surface area contributed by atoms with Crippen LogP contribution < -0.4 is 15.3 Å². The average Bonchev–Trinajstić information content (AvgIpc) is 3.04. The number of hydrogen-bond donors (Lipinski definition) is 1. The van der Waals surface area contributed by atoms with Crippen LogP contribution in [0.2, 0.25) is 0 Å². The first-order valence-electron chi connectivity index (χ1n) is 8.50. The lowest BCUT2D eigenvalue weighted by Crippen LogP contribution is -2.28. The average molecular weight is 384 g/mol. The maximum atomic E-state index is 13.0. The molecule has 0 radical (unpaired) electrons. The lowest BCUT2D eigenvalue weighted by atomic mass is 10.2. The minimum absolute atomic E-state index is 0.0460. The van der Waals surface area contributed by atoms with E-state index >= 15 is 0 Å². The molecule has 0 unspecified atom stereocenters. The van der Waals surface area contributed by atoms with Gasteiger partial charge >= 0.3 is 0 Å². The van der Waals surface area contributed by atoms with Crippen molar-refractivity contribution in [2.24, 2.45) is 0 Å². The second-order valence-corrected chi connectivity index (χ2v) is 7.10. The fourth-order valence-electron chi connectivity index (χ4n) is 2.83. The first-order valence-corrected chi connectivity index (χ1v) is 9.32. The largest absolute Gasteiger partial charge is 0.400 e. The molecule has 1 N–H and O–H groups in total. The van der Waals surface area contributed by atoms with E-state index in [1.807, 2.05) is 69.3 Å². The van der Waals surface area contributed by atoms with Gasteiger partial charge in [-0.1, -0.05) is 30.4 Å². The maximum Gasteiger partial charge on any atom is 0.275 e. The highest BCUT2D eigenvalue weighted by atomic mass is 32.1. The van der Waals surface area contributed by atoms with E-state index in [2.05, 4.69) is 11.6 Å². The topological polar surface area (TPSA) is 58.4 Å². The standard InChI is InChI=1S/C20H21N3OS.CH4O/c1-6-15(22(4)5)17-16(7-2)25-19-18(17)21-12-23(20(19)24)14-10-8-13(3)9-11-14;1-2/h6-12H,1H2,2-5H3;2H,1H3/b16-7+,17-15-;. The Morgan fingerprint density at radius 3 is 2.41 bits per heavy atom. The number of aliphatic hydroxyl groups excluding tert-OH is 1. The Kier molecular flexibility index (Phi) is 6.71. The van der Waals surface area contributed by atoms with Gasteiger partial charge in [0.25, 0.3) is 5.56 Å². The van der Waals surface area contributed by atoms with Gasteiger partial charge in [0, 0.05) is 36.7 Å². The summed E-state index contributed by atoms with van der Waals surface area (Å²) in [5.74, 6) is 0. The van der Waals surface area contributed by atoms with Gasteiger partial charge in [0.15, 0.2) is 0 Å². The SMILES string of the molecule is C=C/C(=c1\c(=C/C)sc2c(=O)n(-c3ccc(C)cc3)cnc12)N(C)C.CO. The van der Waals surface area contributed by atoms with Gasteiger partial charge in [-0.25, -0.2) is 4.98 Å². The van der Waals surface area contributed by atoms with Crippen LogP contribution >= 0.6 is 11.3 Å². The van der Waals surface area contributed by atoms with Crippen molar-refractivity contribution in [3.05, 3.63) is 68.9 Å². The lowest BCUT2D eigenvalue weighted by Gasteiger charge is -2.12. The van der Waals surface area contributed by atoms with Crippen LogP contribution in [0.1, 0.15) is 12.5 Å². The third-order valence-corrected chi connectivity index (χ3v) is 5.36. The molecule has 0 amide bonds. The summed E-state index contributed by atoms with van der Waals surface area (Å²) in [6, 6.07) is 7.86. The third kappa shape index (κ3) is 3.86. The monoisotopic (exact) mass is 383 g/mol. The van der Waals surface area contributed by atoms with Crippen LogP contribution in [-0.4, -0.2) is 40.8 Å². The van der Waals surface area contributed by atoms with Crippen molar-refractivity contribution < 1.29 is 5.11 Å². The van der Waals surface area contributed by atoms with Crippen LogP contribution in [0.4, 0.5) is 0 Å². The summed E-state index contributed by atoms with van der Waals surface area (Å²) in [5, 5.41) is 7.97. The second-order valence-electron chi connectivity index (χ2n) is 6.05. The first-order chi connectivity index (χ1) is 13.0. The molecule has 0 saturated carbocycles. The Hall–Kier alpha value is -2.70. The minimum Gasteiger partial charge on any atom is -0.400 e. The van der Waals surface area contributed by atoms with Crippen molar-refractivity contribution in [3.63, 3.8) is 0 Å². The number of aryl methyl sites for hydroxylation is 1. The number of nitrogens with zero attached hydrogens (tertiary/aromatic N) is 3. The highest BCUT2D eigenvalue weighted by Crippen LogP contribution is 2.12. The molecule has 6 heteroatoms. The maximum absolute atomic E-state index is 13.0. The van der Waals surface area contributed by atoms with Crippen molar-refractivity contribution in [3.8, 4) is 5.69 Å². The second kappa shape index (κ2) is 8.79. The number of hydrogen-bond acceptors (Lipinski definition) is 5. The molecule has 0 aliphatic carbocycles. The van der Waals surface area contributed by atoms with Crippen LogP contribution in [0, 0.1) is 6.92 Å². The molecule has 2 heterocycles. The smallest absolute Gasteiger partial charge is 0.275 e. The van der Waals surface area contributed by atoms with E-state index in [0.717, 1.165) is 39.3 Å². The fraction of sp³-hybridized carbons (Fsp3) is 0.238. The molecule has 0 fully saturated rings. The predicted molar refractivity (Wildman–Crippen MR) is 115 cm³/mol. The van der Waals surface area contributed by atoms with E-state index in [1.54, 1.807) is 10.9 Å². The predicted octanol–water partition coefficient (Wildman–Crippen LogP) is 2.02. The van der Waals surface area contributed by atoms with Crippen LogP contribution in [0.25, 0.3) is 27.7 Å². The van der Waals surface area contributed by atoms with Crippen molar-refractivity contribution in [1.82, 2.24) is 14.5 Å². The zero-order valence-electron chi connectivity index (χ0n) is 16.4. The first kappa shape index (κ1) is 20.6. The molecule has 0 bridgehead atoms. The lowest BCUT2D eigenvalue weighted by molar-refractivity contribution is 0.399. The molecule has 0 aliphatic heterocycles. The number of aromatic nitrogens is 2. The van der Waals surface area contributed by atoms with E-state index in [9.17, 15) is 4.79 Å². The normalized spacial score (nSPS) is 12.4. The molecule has 142 valence electrons. The minimum atomic E-state index is -0.0460. The van der Waals surface area contributed by atoms with Gasteiger partial charge in [0.05, 0.1) is 11.2 Å². The molecule has 3 aromatic rings. The van der Waals surface area contributed by atoms with E-state index < -0.39 is 0 Å². The number of fused-ring (bicyclic) bond motifs is 1. The van der Waals surface area contributed by atoms with Gasteiger partial charge in [0.1, 0.15) is 11.0 Å². The summed E-state index contributed by atoms with van der Waals surface area (Å²) >= 11 is 1.48. The molecule has 0 atom stereocenters. The van der Waals surface area contributed by atoms with Gasteiger partial charge < -0.3 is 10.0 Å². The molecule has 0 saturated heterocycles. The quantitative estimate of drug-likeness (QED) is 0.752. The zero-order valence-corrected chi connectivity index (χ0v) is 17.2. The van der Waals surface area contributed by atoms with Gasteiger partial charge in [-0.2, -0.15) is 0 Å². The molecule has 2 aromatic heterocycles. The molecular weight excluding hydrogens is 358 g/mol. The van der Waals surface area contributed by atoms with E-state index in [-0.39, 0.29) is 5.56 Å². The summed E-state index contributed by atoms with van der Waals surface area (Å²) in [6.45, 7) is 7.92. The molecular formula is C21H25N3O2S. The number of thiophene rings is 1. The van der Waals surface area contributed by atoms with Crippen LogP contribution in [0.5, 0.6) is 0 Å². The van der Waals surface area contributed by atoms with Crippen molar-refractivity contribution in [2.45, 2.75) is 13.8 Å². The summed E-state index contributed by atoms with van der Waals surface area (Å²) in [7, 11) is 4.93. The summed E-state index contributed by atoms with van der Waals surface area (Å²) in [5.41, 5.74) is 3.62. The van der Waals surface area contributed by atoms with Crippen LogP contribution in [0.15, 0.2) is 48.0 Å². The van der Waals surface area contributed by atoms with Crippen molar-refractivity contribution in [1.29, 1.82) is 0 Å². The number of aliphatic hydroxyl groups is 1. The Morgan fingerprint density at radius 2 is 1.89 bits per heavy atom. The van der Waals surface area contributed by atoms with E-state index in [0.29, 0.717) is 4.70 Å². The summed E-state index contributed by atoms with van der Waals surface area (Å²) in [4.78, 5) is 19.7. The van der Waals surface area contributed by atoms with Gasteiger partial charge in [-0.3, -0.25) is 9.36 Å². The van der Waals surface area contributed by atoms with Crippen molar-refractivity contribution >= 4 is 33.3 Å². The Balaban J connectivity index is 0.00000126. The number of rotatable bonds is 3. The molecule has 0 aliphatic rings. The van der Waals surface area contributed by atoms with E-state index in [4.69, 9.17) is 5.11 Å². The summed E-state index contributed by atoms with van der Waals surface area (Å²) < 4.78 is 3.29. The van der Waals surface area contributed by atoms with Crippen LogP contribution in [-0.2, 0) is 0 Å². The summed E-state index contributed by atoms with van der Waals surface area (Å²) in [6.07, 6.45) is 5.44. The molecule has 1 aromatic carbocycles. The van der Waals surface area contributed by atoms with Gasteiger partial charge in [-0.05, 0) is 32.1 Å². The highest BCUT2D eigenvalue weighted by Gasteiger charge is 2.13. The van der Waals surface area contributed by atoms with Gasteiger partial charge in [-0.15, -0.1) is 11.3 Å². The molecule has 27 heavy (non-hydrogen) atoms. The highest BCUT2D eigenvalue weighted by molar-refractivity contribution is 7.16.